The first-order chi connectivity index (χ1) is 12.6. The second-order valence-electron chi connectivity index (χ2n) is 6.45. The molecule has 0 unspecified atom stereocenters. The van der Waals surface area contributed by atoms with Crippen molar-refractivity contribution in [2.75, 3.05) is 40.4 Å². The Morgan fingerprint density at radius 1 is 1.04 bits per heavy atom. The molecule has 1 aliphatic rings. The van der Waals surface area contributed by atoms with Gasteiger partial charge in [0.25, 0.3) is 5.91 Å². The fourth-order valence-corrected chi connectivity index (χ4v) is 3.21. The summed E-state index contributed by atoms with van der Waals surface area (Å²) >= 11 is 0. The summed E-state index contributed by atoms with van der Waals surface area (Å²) in [7, 11) is 3.14. The van der Waals surface area contributed by atoms with Crippen molar-refractivity contribution in [3.63, 3.8) is 0 Å². The Morgan fingerprint density at radius 2 is 1.62 bits per heavy atom. The Kier molecular flexibility index (Phi) is 5.73. The normalized spacial score (nSPS) is 15.0. The van der Waals surface area contributed by atoms with Crippen LogP contribution < -0.4 is 14.4 Å². The van der Waals surface area contributed by atoms with Crippen molar-refractivity contribution in [3.8, 4) is 11.5 Å². The van der Waals surface area contributed by atoms with Crippen LogP contribution >= 0.6 is 0 Å². The number of amides is 1. The summed E-state index contributed by atoms with van der Waals surface area (Å²) < 4.78 is 23.5. The van der Waals surface area contributed by atoms with Gasteiger partial charge in [-0.2, -0.15) is 0 Å². The van der Waals surface area contributed by atoms with Gasteiger partial charge >= 0.3 is 0 Å². The van der Waals surface area contributed by atoms with Crippen molar-refractivity contribution in [2.24, 2.45) is 0 Å². The van der Waals surface area contributed by atoms with E-state index in [0.717, 1.165) is 25.2 Å². The van der Waals surface area contributed by atoms with Gasteiger partial charge in [-0.1, -0.05) is 12.1 Å². The molecule has 0 spiro atoms. The number of benzene rings is 2. The summed E-state index contributed by atoms with van der Waals surface area (Å²) in [6.07, 6.45) is 0. The molecule has 0 radical (unpaired) electrons. The minimum absolute atomic E-state index is 0.0111. The standard InChI is InChI=1S/C20H23FN2O3/c1-25-18-11-16(12-19(13-18)26-2)20(24)23-9-7-22(8-10-23)14-15-3-5-17(21)6-4-15/h3-6,11-13H,7-10,14H2,1-2H3/p+1. The lowest BCUT2D eigenvalue weighted by molar-refractivity contribution is -0.917. The van der Waals surface area contributed by atoms with Gasteiger partial charge in [0, 0.05) is 17.2 Å². The average Bonchev–Trinajstić information content (AvgIpc) is 2.69. The van der Waals surface area contributed by atoms with E-state index in [0.29, 0.717) is 30.2 Å². The summed E-state index contributed by atoms with van der Waals surface area (Å²) in [5, 5.41) is 0. The third-order valence-corrected chi connectivity index (χ3v) is 4.72. The number of piperazine rings is 1. The van der Waals surface area contributed by atoms with Crippen LogP contribution in [0.15, 0.2) is 42.5 Å². The first kappa shape index (κ1) is 18.2. The van der Waals surface area contributed by atoms with E-state index >= 15 is 0 Å². The van der Waals surface area contributed by atoms with Gasteiger partial charge in [0.1, 0.15) is 23.9 Å². The van der Waals surface area contributed by atoms with Gasteiger partial charge in [-0.05, 0) is 24.3 Å². The quantitative estimate of drug-likeness (QED) is 0.877. The van der Waals surface area contributed by atoms with E-state index in [1.54, 1.807) is 32.4 Å². The maximum atomic E-state index is 13.0. The molecule has 2 aromatic carbocycles. The summed E-state index contributed by atoms with van der Waals surface area (Å²) in [5.41, 5.74) is 1.68. The molecule has 1 saturated heterocycles. The Balaban J connectivity index is 1.60. The van der Waals surface area contributed by atoms with Gasteiger partial charge in [0.15, 0.2) is 0 Å². The second-order valence-corrected chi connectivity index (χ2v) is 6.45. The van der Waals surface area contributed by atoms with E-state index in [9.17, 15) is 9.18 Å². The highest BCUT2D eigenvalue weighted by Gasteiger charge is 2.25. The molecule has 0 aromatic heterocycles. The van der Waals surface area contributed by atoms with E-state index in [-0.39, 0.29) is 11.7 Å². The lowest BCUT2D eigenvalue weighted by Crippen LogP contribution is -3.13. The third kappa shape index (κ3) is 4.32. The molecule has 26 heavy (non-hydrogen) atoms. The highest BCUT2D eigenvalue weighted by atomic mass is 19.1. The maximum Gasteiger partial charge on any atom is 0.254 e. The molecule has 0 atom stereocenters. The number of halogens is 1. The molecular formula is C20H24FN2O3+. The van der Waals surface area contributed by atoms with Crippen LogP contribution in [0.5, 0.6) is 11.5 Å². The number of nitrogens with zero attached hydrogens (tertiary/aromatic N) is 1. The van der Waals surface area contributed by atoms with Crippen LogP contribution in [0.1, 0.15) is 15.9 Å². The second kappa shape index (κ2) is 8.19. The zero-order valence-electron chi connectivity index (χ0n) is 15.1. The Labute approximate surface area is 152 Å². The number of methoxy groups -OCH3 is 2. The number of carbonyl (C=O) groups is 1. The van der Waals surface area contributed by atoms with Crippen molar-refractivity contribution in [1.82, 2.24) is 4.90 Å². The molecule has 5 nitrogen and oxygen atoms in total. The minimum Gasteiger partial charge on any atom is -0.497 e. The minimum atomic E-state index is -0.215. The van der Waals surface area contributed by atoms with E-state index in [1.807, 2.05) is 17.0 Å². The molecule has 0 aliphatic carbocycles. The molecule has 1 N–H and O–H groups in total. The zero-order valence-corrected chi connectivity index (χ0v) is 15.1. The largest absolute Gasteiger partial charge is 0.497 e. The topological polar surface area (TPSA) is 43.2 Å². The summed E-state index contributed by atoms with van der Waals surface area (Å²) in [5.74, 6) is 0.984. The summed E-state index contributed by atoms with van der Waals surface area (Å²) in [4.78, 5) is 16.1. The number of ether oxygens (including phenoxy) is 2. The fraction of sp³-hybridized carbons (Fsp3) is 0.350. The van der Waals surface area contributed by atoms with Crippen molar-refractivity contribution < 1.29 is 23.6 Å². The van der Waals surface area contributed by atoms with E-state index in [4.69, 9.17) is 9.47 Å². The zero-order chi connectivity index (χ0) is 18.5. The molecular weight excluding hydrogens is 335 g/mol. The van der Waals surface area contributed by atoms with Gasteiger partial charge in [0.2, 0.25) is 0 Å². The smallest absolute Gasteiger partial charge is 0.254 e. The van der Waals surface area contributed by atoms with Crippen molar-refractivity contribution >= 4 is 5.91 Å². The summed E-state index contributed by atoms with van der Waals surface area (Å²) in [6, 6.07) is 11.9. The van der Waals surface area contributed by atoms with E-state index in [2.05, 4.69) is 0 Å². The molecule has 1 fully saturated rings. The highest BCUT2D eigenvalue weighted by molar-refractivity contribution is 5.95. The van der Waals surface area contributed by atoms with E-state index in [1.165, 1.54) is 17.0 Å². The molecule has 1 heterocycles. The molecule has 6 heteroatoms. The van der Waals surface area contributed by atoms with Crippen LogP contribution in [0.3, 0.4) is 0 Å². The first-order valence-corrected chi connectivity index (χ1v) is 8.69. The van der Waals surface area contributed by atoms with Crippen molar-refractivity contribution in [2.45, 2.75) is 6.54 Å². The Hall–Kier alpha value is -2.60. The maximum absolute atomic E-state index is 13.0. The number of carbonyl (C=O) groups excluding carboxylic acids is 1. The van der Waals surface area contributed by atoms with Gasteiger partial charge in [-0.25, -0.2) is 4.39 Å². The fourth-order valence-electron chi connectivity index (χ4n) is 3.21. The highest BCUT2D eigenvalue weighted by Crippen LogP contribution is 2.23. The van der Waals surface area contributed by atoms with Crippen LogP contribution in [-0.2, 0) is 6.54 Å². The van der Waals surface area contributed by atoms with Crippen LogP contribution in [0.25, 0.3) is 0 Å². The van der Waals surface area contributed by atoms with Crippen molar-refractivity contribution in [1.29, 1.82) is 0 Å². The predicted octanol–water partition coefficient (Wildman–Crippen LogP) is 1.38. The molecule has 2 aromatic rings. The predicted molar refractivity (Wildman–Crippen MR) is 96.3 cm³/mol. The number of hydrogen-bond acceptors (Lipinski definition) is 3. The van der Waals surface area contributed by atoms with E-state index < -0.39 is 0 Å². The number of nitrogens with one attached hydrogen (secondary N) is 1. The van der Waals surface area contributed by atoms with Crippen LogP contribution in [0.2, 0.25) is 0 Å². The number of rotatable bonds is 5. The Morgan fingerprint density at radius 3 is 2.15 bits per heavy atom. The summed E-state index contributed by atoms with van der Waals surface area (Å²) in [6.45, 7) is 3.95. The van der Waals surface area contributed by atoms with Gasteiger partial charge in [0.05, 0.1) is 40.4 Å². The van der Waals surface area contributed by atoms with Gasteiger partial charge in [-0.3, -0.25) is 4.79 Å². The van der Waals surface area contributed by atoms with Crippen molar-refractivity contribution in [3.05, 3.63) is 59.4 Å². The van der Waals surface area contributed by atoms with Crippen LogP contribution in [-0.4, -0.2) is 51.2 Å². The van der Waals surface area contributed by atoms with Crippen LogP contribution in [0, 0.1) is 5.82 Å². The molecule has 1 aliphatic heterocycles. The lowest BCUT2D eigenvalue weighted by Gasteiger charge is -2.32. The Bertz CT molecular complexity index is 734. The molecule has 0 saturated carbocycles. The SMILES string of the molecule is COc1cc(OC)cc(C(=O)N2CC[NH+](Cc3ccc(F)cc3)CC2)c1. The third-order valence-electron chi connectivity index (χ3n) is 4.72. The molecule has 1 amide bonds. The number of hydrogen-bond donors (Lipinski definition) is 1. The van der Waals surface area contributed by atoms with Crippen LogP contribution in [0.4, 0.5) is 4.39 Å². The lowest BCUT2D eigenvalue weighted by atomic mass is 10.1. The first-order valence-electron chi connectivity index (χ1n) is 8.69. The van der Waals surface area contributed by atoms with Gasteiger partial charge in [-0.15, -0.1) is 0 Å². The number of quaternary nitrogens is 1. The molecule has 0 bridgehead atoms. The van der Waals surface area contributed by atoms with Gasteiger partial charge < -0.3 is 19.3 Å². The average molecular weight is 359 g/mol. The monoisotopic (exact) mass is 359 g/mol. The molecule has 138 valence electrons. The molecule has 3 rings (SSSR count).